The lowest BCUT2D eigenvalue weighted by Gasteiger charge is -2.15. The number of amides is 1. The molecular formula is C23H23N5O2S. The van der Waals surface area contributed by atoms with Crippen molar-refractivity contribution in [2.45, 2.75) is 37.2 Å². The van der Waals surface area contributed by atoms with E-state index in [4.69, 9.17) is 0 Å². The molecule has 0 saturated heterocycles. The third-order valence-electron chi connectivity index (χ3n) is 5.26. The summed E-state index contributed by atoms with van der Waals surface area (Å²) in [5.41, 5.74) is 3.49. The second-order valence-corrected chi connectivity index (χ2v) is 8.64. The van der Waals surface area contributed by atoms with Crippen molar-refractivity contribution >= 4 is 29.1 Å². The molecule has 1 aliphatic heterocycles. The summed E-state index contributed by atoms with van der Waals surface area (Å²) in [6.45, 7) is 8.47. The summed E-state index contributed by atoms with van der Waals surface area (Å²) < 4.78 is 1.95. The van der Waals surface area contributed by atoms with Crippen molar-refractivity contribution in [3.8, 4) is 11.4 Å². The summed E-state index contributed by atoms with van der Waals surface area (Å²) in [5, 5.41) is 8.97. The standard InChI is InChI=1S/C23H23N5O2S/c1-4-12-28-22(17-7-10-24-11-8-17)25-26-23(28)31-15(2)21(30)19-5-6-20-18(14-19)9-13-27(20)16(3)29/h4-8,10-11,14-15H,1,9,12-13H2,2-3H3. The Morgan fingerprint density at radius 2 is 2.00 bits per heavy atom. The lowest BCUT2D eigenvalue weighted by Crippen LogP contribution is -2.25. The van der Waals surface area contributed by atoms with E-state index in [-0.39, 0.29) is 16.9 Å². The Bertz CT molecular complexity index is 1140. The number of rotatable bonds is 7. The molecule has 0 N–H and O–H groups in total. The molecule has 0 spiro atoms. The lowest BCUT2D eigenvalue weighted by atomic mass is 10.0. The van der Waals surface area contributed by atoms with Crippen LogP contribution in [0.5, 0.6) is 0 Å². The summed E-state index contributed by atoms with van der Waals surface area (Å²) in [6, 6.07) is 9.34. The molecule has 8 heteroatoms. The van der Waals surface area contributed by atoms with E-state index in [1.807, 2.05) is 35.8 Å². The Balaban J connectivity index is 1.55. The van der Waals surface area contributed by atoms with Crippen molar-refractivity contribution in [2.24, 2.45) is 0 Å². The molecule has 1 unspecified atom stereocenters. The number of pyridine rings is 1. The van der Waals surface area contributed by atoms with E-state index in [0.29, 0.717) is 29.6 Å². The van der Waals surface area contributed by atoms with Gasteiger partial charge < -0.3 is 4.90 Å². The topological polar surface area (TPSA) is 81.0 Å². The molecule has 0 radical (unpaired) electrons. The smallest absolute Gasteiger partial charge is 0.223 e. The number of carbonyl (C=O) groups is 2. The van der Waals surface area contributed by atoms with E-state index in [2.05, 4.69) is 21.8 Å². The minimum absolute atomic E-state index is 0.0210. The number of benzene rings is 1. The molecule has 1 aromatic carbocycles. The molecule has 1 aliphatic rings. The van der Waals surface area contributed by atoms with Gasteiger partial charge in [0.1, 0.15) is 0 Å². The maximum Gasteiger partial charge on any atom is 0.223 e. The van der Waals surface area contributed by atoms with Gasteiger partial charge in [0, 0.05) is 49.2 Å². The van der Waals surface area contributed by atoms with E-state index in [1.54, 1.807) is 36.4 Å². The Kier molecular flexibility index (Phi) is 5.99. The quantitative estimate of drug-likeness (QED) is 0.320. The van der Waals surface area contributed by atoms with Crippen LogP contribution in [0.3, 0.4) is 0 Å². The minimum atomic E-state index is -0.346. The van der Waals surface area contributed by atoms with Crippen molar-refractivity contribution in [1.29, 1.82) is 0 Å². The van der Waals surface area contributed by atoms with E-state index in [0.717, 1.165) is 23.2 Å². The Labute approximate surface area is 185 Å². The van der Waals surface area contributed by atoms with Crippen LogP contribution in [0.1, 0.15) is 29.8 Å². The molecule has 0 aliphatic carbocycles. The van der Waals surface area contributed by atoms with Crippen LogP contribution in [0.4, 0.5) is 5.69 Å². The first-order valence-corrected chi connectivity index (χ1v) is 10.9. The van der Waals surface area contributed by atoms with E-state index in [1.165, 1.54) is 11.8 Å². The zero-order valence-electron chi connectivity index (χ0n) is 17.5. The van der Waals surface area contributed by atoms with Gasteiger partial charge in [-0.25, -0.2) is 0 Å². The summed E-state index contributed by atoms with van der Waals surface area (Å²) in [4.78, 5) is 30.7. The number of aromatic nitrogens is 4. The number of nitrogens with zero attached hydrogens (tertiary/aromatic N) is 5. The zero-order chi connectivity index (χ0) is 22.0. The monoisotopic (exact) mass is 433 g/mol. The van der Waals surface area contributed by atoms with Crippen LogP contribution in [0.2, 0.25) is 0 Å². The molecule has 0 fully saturated rings. The van der Waals surface area contributed by atoms with Crippen LogP contribution in [-0.4, -0.2) is 43.2 Å². The third-order valence-corrected chi connectivity index (χ3v) is 6.34. The highest BCUT2D eigenvalue weighted by molar-refractivity contribution is 8.00. The number of Topliss-reactive ketones (excluding diaryl/α,β-unsaturated/α-hetero) is 1. The second kappa shape index (κ2) is 8.85. The predicted octanol–water partition coefficient (Wildman–Crippen LogP) is 3.80. The molecule has 3 heterocycles. The number of hydrogen-bond donors (Lipinski definition) is 0. The second-order valence-electron chi connectivity index (χ2n) is 7.33. The van der Waals surface area contributed by atoms with Crippen LogP contribution in [-0.2, 0) is 17.8 Å². The van der Waals surface area contributed by atoms with Gasteiger partial charge in [-0.15, -0.1) is 16.8 Å². The first-order valence-electron chi connectivity index (χ1n) is 10.1. The van der Waals surface area contributed by atoms with Crippen molar-refractivity contribution in [1.82, 2.24) is 19.7 Å². The van der Waals surface area contributed by atoms with Crippen LogP contribution < -0.4 is 4.90 Å². The van der Waals surface area contributed by atoms with Gasteiger partial charge in [-0.1, -0.05) is 17.8 Å². The highest BCUT2D eigenvalue weighted by Crippen LogP contribution is 2.32. The maximum absolute atomic E-state index is 13.1. The van der Waals surface area contributed by atoms with Gasteiger partial charge in [-0.2, -0.15) is 0 Å². The number of hydrogen-bond acceptors (Lipinski definition) is 6. The van der Waals surface area contributed by atoms with Gasteiger partial charge in [0.05, 0.1) is 5.25 Å². The summed E-state index contributed by atoms with van der Waals surface area (Å²) in [7, 11) is 0. The molecule has 1 atom stereocenters. The molecule has 2 aromatic heterocycles. The summed E-state index contributed by atoms with van der Waals surface area (Å²) in [5.74, 6) is 0.757. The fraction of sp³-hybridized carbons (Fsp3) is 0.261. The Morgan fingerprint density at radius 1 is 1.23 bits per heavy atom. The summed E-state index contributed by atoms with van der Waals surface area (Å²) in [6.07, 6.45) is 5.97. The van der Waals surface area contributed by atoms with Crippen LogP contribution >= 0.6 is 11.8 Å². The lowest BCUT2D eigenvalue weighted by molar-refractivity contribution is -0.116. The van der Waals surface area contributed by atoms with Crippen molar-refractivity contribution < 1.29 is 9.59 Å². The first kappa shape index (κ1) is 21.0. The van der Waals surface area contributed by atoms with Crippen molar-refractivity contribution in [3.63, 3.8) is 0 Å². The number of carbonyl (C=O) groups excluding carboxylic acids is 2. The average molecular weight is 434 g/mol. The third kappa shape index (κ3) is 4.16. The minimum Gasteiger partial charge on any atom is -0.312 e. The van der Waals surface area contributed by atoms with Gasteiger partial charge in [0.15, 0.2) is 16.8 Å². The van der Waals surface area contributed by atoms with Crippen LogP contribution in [0, 0.1) is 0 Å². The highest BCUT2D eigenvalue weighted by atomic mass is 32.2. The van der Waals surface area contributed by atoms with Gasteiger partial charge in [-0.05, 0) is 49.2 Å². The van der Waals surface area contributed by atoms with Crippen LogP contribution in [0.15, 0.2) is 60.5 Å². The van der Waals surface area contributed by atoms with E-state index < -0.39 is 0 Å². The van der Waals surface area contributed by atoms with E-state index in [9.17, 15) is 9.59 Å². The molecule has 158 valence electrons. The number of ketones is 1. The largest absolute Gasteiger partial charge is 0.312 e. The van der Waals surface area contributed by atoms with Crippen molar-refractivity contribution in [2.75, 3.05) is 11.4 Å². The maximum atomic E-state index is 13.1. The van der Waals surface area contributed by atoms with Gasteiger partial charge >= 0.3 is 0 Å². The molecular weight excluding hydrogens is 410 g/mol. The Hall–Kier alpha value is -3.26. The fourth-order valence-electron chi connectivity index (χ4n) is 3.71. The number of fused-ring (bicyclic) bond motifs is 1. The first-order chi connectivity index (χ1) is 15.0. The molecule has 3 aromatic rings. The fourth-order valence-corrected chi connectivity index (χ4v) is 4.65. The molecule has 7 nitrogen and oxygen atoms in total. The van der Waals surface area contributed by atoms with Crippen molar-refractivity contribution in [3.05, 3.63) is 66.5 Å². The Morgan fingerprint density at radius 3 is 2.71 bits per heavy atom. The molecule has 31 heavy (non-hydrogen) atoms. The van der Waals surface area contributed by atoms with Gasteiger partial charge in [-0.3, -0.25) is 19.1 Å². The van der Waals surface area contributed by atoms with Crippen LogP contribution in [0.25, 0.3) is 11.4 Å². The SMILES string of the molecule is C=CCn1c(SC(C)C(=O)c2ccc3c(c2)CCN3C(C)=O)nnc1-c1ccncc1. The molecule has 0 saturated carbocycles. The predicted molar refractivity (Wildman–Crippen MR) is 121 cm³/mol. The molecule has 0 bridgehead atoms. The van der Waals surface area contributed by atoms with E-state index >= 15 is 0 Å². The molecule has 1 amide bonds. The normalized spacial score (nSPS) is 13.7. The molecule has 4 rings (SSSR count). The highest BCUT2D eigenvalue weighted by Gasteiger charge is 2.26. The number of allylic oxidation sites excluding steroid dienone is 1. The number of thioether (sulfide) groups is 1. The summed E-state index contributed by atoms with van der Waals surface area (Å²) >= 11 is 1.38. The van der Waals surface area contributed by atoms with Gasteiger partial charge in [0.2, 0.25) is 5.91 Å². The van der Waals surface area contributed by atoms with Gasteiger partial charge in [0.25, 0.3) is 0 Å². The average Bonchev–Trinajstić information content (AvgIpc) is 3.38. The number of anilines is 1. The zero-order valence-corrected chi connectivity index (χ0v) is 18.3.